The van der Waals surface area contributed by atoms with E-state index in [4.69, 9.17) is 25.8 Å². The van der Waals surface area contributed by atoms with Gasteiger partial charge in [-0.3, -0.25) is 4.79 Å². The van der Waals surface area contributed by atoms with Gasteiger partial charge >= 0.3 is 0 Å². The van der Waals surface area contributed by atoms with Crippen molar-refractivity contribution in [1.82, 2.24) is 0 Å². The molecule has 0 saturated carbocycles. The van der Waals surface area contributed by atoms with Crippen molar-refractivity contribution in [2.45, 2.75) is 0 Å². The molecule has 1 fully saturated rings. The molecule has 1 N–H and O–H groups in total. The Balaban J connectivity index is 1.72. The van der Waals surface area contributed by atoms with Crippen LogP contribution in [-0.2, 0) is 9.53 Å². The highest BCUT2D eigenvalue weighted by atomic mass is 35.5. The molecule has 1 aliphatic heterocycles. The van der Waals surface area contributed by atoms with E-state index in [1.165, 1.54) is 6.08 Å². The standard InChI is InChI=1S/C23H25ClN2O4/c1-3-12-30-21-8-4-17(15-22(21)28-2)5-9-23(27)25-19-16-18(24)6-7-20(19)26-10-13-29-14-11-26/h3-9,15-16H,1,10-14H2,2H3,(H,25,27)/b9-5+. The second kappa shape index (κ2) is 10.7. The summed E-state index contributed by atoms with van der Waals surface area (Å²) in [6.45, 7) is 6.86. The van der Waals surface area contributed by atoms with Crippen LogP contribution in [0, 0.1) is 0 Å². The van der Waals surface area contributed by atoms with Crippen LogP contribution in [0.4, 0.5) is 11.4 Å². The molecule has 0 atom stereocenters. The minimum absolute atomic E-state index is 0.252. The van der Waals surface area contributed by atoms with Gasteiger partial charge in [-0.25, -0.2) is 0 Å². The molecule has 2 aromatic carbocycles. The highest BCUT2D eigenvalue weighted by Gasteiger charge is 2.16. The third-order valence-corrected chi connectivity index (χ3v) is 4.77. The Morgan fingerprint density at radius 2 is 2.03 bits per heavy atom. The van der Waals surface area contributed by atoms with Gasteiger partial charge in [0.05, 0.1) is 31.7 Å². The van der Waals surface area contributed by atoms with Gasteiger partial charge in [0.2, 0.25) is 5.91 Å². The quantitative estimate of drug-likeness (QED) is 0.498. The highest BCUT2D eigenvalue weighted by molar-refractivity contribution is 6.31. The number of anilines is 2. The fraction of sp³-hybridized carbons (Fsp3) is 0.261. The second-order valence-corrected chi connectivity index (χ2v) is 7.03. The lowest BCUT2D eigenvalue weighted by Crippen LogP contribution is -2.36. The zero-order chi connectivity index (χ0) is 21.3. The normalized spacial score (nSPS) is 13.9. The molecule has 3 rings (SSSR count). The van der Waals surface area contributed by atoms with Crippen LogP contribution in [0.3, 0.4) is 0 Å². The summed E-state index contributed by atoms with van der Waals surface area (Å²) in [5, 5.41) is 3.49. The van der Waals surface area contributed by atoms with Gasteiger partial charge in [0, 0.05) is 24.2 Å². The monoisotopic (exact) mass is 428 g/mol. The van der Waals surface area contributed by atoms with E-state index in [-0.39, 0.29) is 5.91 Å². The van der Waals surface area contributed by atoms with Crippen LogP contribution in [0.15, 0.2) is 55.1 Å². The molecule has 158 valence electrons. The first-order valence-corrected chi connectivity index (χ1v) is 10.0. The Bertz CT molecular complexity index is 923. The summed E-state index contributed by atoms with van der Waals surface area (Å²) in [5.74, 6) is 0.953. The molecule has 1 saturated heterocycles. The van der Waals surface area contributed by atoms with E-state index in [2.05, 4.69) is 16.8 Å². The summed E-state index contributed by atoms with van der Waals surface area (Å²) in [5.41, 5.74) is 2.41. The number of hydrogen-bond acceptors (Lipinski definition) is 5. The Labute approximate surface area is 181 Å². The molecule has 7 heteroatoms. The fourth-order valence-corrected chi connectivity index (χ4v) is 3.26. The largest absolute Gasteiger partial charge is 0.493 e. The maximum absolute atomic E-state index is 12.5. The van der Waals surface area contributed by atoms with Crippen molar-refractivity contribution in [1.29, 1.82) is 0 Å². The highest BCUT2D eigenvalue weighted by Crippen LogP contribution is 2.30. The first kappa shape index (κ1) is 21.7. The number of rotatable bonds is 8. The second-order valence-electron chi connectivity index (χ2n) is 6.59. The number of halogens is 1. The predicted molar refractivity (Wildman–Crippen MR) is 121 cm³/mol. The molecule has 6 nitrogen and oxygen atoms in total. The summed E-state index contributed by atoms with van der Waals surface area (Å²) in [4.78, 5) is 14.7. The molecule has 0 aromatic heterocycles. The number of morpholine rings is 1. The summed E-state index contributed by atoms with van der Waals surface area (Å²) in [7, 11) is 1.57. The Kier molecular flexibility index (Phi) is 7.76. The van der Waals surface area contributed by atoms with E-state index in [9.17, 15) is 4.79 Å². The molecule has 1 heterocycles. The van der Waals surface area contributed by atoms with Gasteiger partial charge < -0.3 is 24.4 Å². The third kappa shape index (κ3) is 5.78. The van der Waals surface area contributed by atoms with Crippen LogP contribution < -0.4 is 19.7 Å². The molecule has 1 amide bonds. The average molecular weight is 429 g/mol. The average Bonchev–Trinajstić information content (AvgIpc) is 2.77. The Hall–Kier alpha value is -2.96. The van der Waals surface area contributed by atoms with Crippen LogP contribution in [0.5, 0.6) is 11.5 Å². The molecule has 0 spiro atoms. The molecule has 0 aliphatic carbocycles. The minimum atomic E-state index is -0.252. The molecule has 0 radical (unpaired) electrons. The number of carbonyl (C=O) groups is 1. The van der Waals surface area contributed by atoms with E-state index in [1.807, 2.05) is 18.2 Å². The van der Waals surface area contributed by atoms with Crippen LogP contribution in [-0.4, -0.2) is 45.9 Å². The molecule has 2 aromatic rings. The lowest BCUT2D eigenvalue weighted by atomic mass is 10.2. The van der Waals surface area contributed by atoms with Gasteiger partial charge in [-0.1, -0.05) is 30.3 Å². The molecule has 0 bridgehead atoms. The maximum Gasteiger partial charge on any atom is 0.248 e. The Morgan fingerprint density at radius 3 is 2.77 bits per heavy atom. The Morgan fingerprint density at radius 1 is 1.23 bits per heavy atom. The molecular weight excluding hydrogens is 404 g/mol. The SMILES string of the molecule is C=CCOc1ccc(/C=C/C(=O)Nc2cc(Cl)ccc2N2CCOCC2)cc1OC. The van der Waals surface area contributed by atoms with Crippen molar-refractivity contribution in [3.05, 3.63) is 65.7 Å². The fourth-order valence-electron chi connectivity index (χ4n) is 3.09. The van der Waals surface area contributed by atoms with Gasteiger partial charge in [-0.15, -0.1) is 0 Å². The van der Waals surface area contributed by atoms with Crippen molar-refractivity contribution in [3.8, 4) is 11.5 Å². The van der Waals surface area contributed by atoms with Crippen molar-refractivity contribution in [2.24, 2.45) is 0 Å². The molecular formula is C23H25ClN2O4. The van der Waals surface area contributed by atoms with E-state index >= 15 is 0 Å². The minimum Gasteiger partial charge on any atom is -0.493 e. The summed E-state index contributed by atoms with van der Waals surface area (Å²) >= 11 is 6.15. The first-order chi connectivity index (χ1) is 14.6. The van der Waals surface area contributed by atoms with Gasteiger partial charge in [0.1, 0.15) is 6.61 Å². The number of carbonyl (C=O) groups excluding carboxylic acids is 1. The molecule has 30 heavy (non-hydrogen) atoms. The lowest BCUT2D eigenvalue weighted by molar-refractivity contribution is -0.111. The lowest BCUT2D eigenvalue weighted by Gasteiger charge is -2.30. The third-order valence-electron chi connectivity index (χ3n) is 4.54. The van der Waals surface area contributed by atoms with Gasteiger partial charge in [-0.2, -0.15) is 0 Å². The summed E-state index contributed by atoms with van der Waals surface area (Å²) in [6.07, 6.45) is 4.86. The topological polar surface area (TPSA) is 60.0 Å². The van der Waals surface area contributed by atoms with Crippen LogP contribution >= 0.6 is 11.6 Å². The summed E-state index contributed by atoms with van der Waals surface area (Å²) in [6, 6.07) is 10.9. The number of methoxy groups -OCH3 is 1. The number of benzene rings is 2. The number of nitrogens with one attached hydrogen (secondary N) is 1. The van der Waals surface area contributed by atoms with Gasteiger partial charge in [0.25, 0.3) is 0 Å². The zero-order valence-electron chi connectivity index (χ0n) is 16.9. The number of nitrogens with zero attached hydrogens (tertiary/aromatic N) is 1. The predicted octanol–water partition coefficient (Wildman–Crippen LogP) is 4.40. The van der Waals surface area contributed by atoms with Crippen molar-refractivity contribution < 1.29 is 19.0 Å². The van der Waals surface area contributed by atoms with Crippen LogP contribution in [0.1, 0.15) is 5.56 Å². The van der Waals surface area contributed by atoms with Gasteiger partial charge in [0.15, 0.2) is 11.5 Å². The number of hydrogen-bond donors (Lipinski definition) is 1. The van der Waals surface area contributed by atoms with Crippen LogP contribution in [0.25, 0.3) is 6.08 Å². The smallest absolute Gasteiger partial charge is 0.248 e. The van der Waals surface area contributed by atoms with Crippen molar-refractivity contribution in [2.75, 3.05) is 50.2 Å². The van der Waals surface area contributed by atoms with E-state index in [1.54, 1.807) is 37.5 Å². The maximum atomic E-state index is 12.5. The van der Waals surface area contributed by atoms with Crippen molar-refractivity contribution >= 4 is 35.0 Å². The van der Waals surface area contributed by atoms with E-state index in [0.29, 0.717) is 42.0 Å². The number of ether oxygens (including phenoxy) is 3. The first-order valence-electron chi connectivity index (χ1n) is 9.63. The van der Waals surface area contributed by atoms with E-state index < -0.39 is 0 Å². The van der Waals surface area contributed by atoms with Crippen LogP contribution in [0.2, 0.25) is 5.02 Å². The zero-order valence-corrected chi connectivity index (χ0v) is 17.7. The summed E-state index contributed by atoms with van der Waals surface area (Å²) < 4.78 is 16.3. The van der Waals surface area contributed by atoms with E-state index in [0.717, 1.165) is 24.3 Å². The van der Waals surface area contributed by atoms with Crippen molar-refractivity contribution in [3.63, 3.8) is 0 Å². The molecule has 0 unspecified atom stereocenters. The van der Waals surface area contributed by atoms with Gasteiger partial charge in [-0.05, 0) is 42.0 Å². The number of amides is 1. The molecule has 1 aliphatic rings.